The molecule has 4 N–H and O–H groups in total. The molecule has 0 fully saturated rings. The van der Waals surface area contributed by atoms with Gasteiger partial charge in [0.15, 0.2) is 5.96 Å². The van der Waals surface area contributed by atoms with E-state index >= 15 is 0 Å². The van der Waals surface area contributed by atoms with Gasteiger partial charge in [0.1, 0.15) is 11.4 Å². The number of carbonyl (C=O) groups is 2. The van der Waals surface area contributed by atoms with E-state index in [9.17, 15) is 9.59 Å². The first-order chi connectivity index (χ1) is 12.7. The number of guanidine groups is 1. The van der Waals surface area contributed by atoms with Crippen molar-refractivity contribution in [3.8, 4) is 0 Å². The number of hydrogen-bond donors (Lipinski definition) is 4. The average molecular weight is 506 g/mol. The number of alkyl carbamates (subject to hydrolysis) is 1. The lowest BCUT2D eigenvalue weighted by Gasteiger charge is -2.19. The molecule has 0 aliphatic heterocycles. The van der Waals surface area contributed by atoms with Gasteiger partial charge in [-0.1, -0.05) is 6.07 Å². The first kappa shape index (κ1) is 25.9. The Bertz CT molecular complexity index is 644. The minimum absolute atomic E-state index is 0. The predicted molar refractivity (Wildman–Crippen MR) is 121 cm³/mol. The summed E-state index contributed by atoms with van der Waals surface area (Å²) in [5.41, 5.74) is 0.509. The normalized spacial score (nSPS) is 11.1. The number of aliphatic imine (C=N–C) groups is 1. The molecule has 0 saturated heterocycles. The molecule has 9 nitrogen and oxygen atoms in total. The van der Waals surface area contributed by atoms with Gasteiger partial charge in [-0.15, -0.1) is 24.0 Å². The van der Waals surface area contributed by atoms with E-state index in [0.29, 0.717) is 31.4 Å². The first-order valence-corrected chi connectivity index (χ1v) is 8.83. The lowest BCUT2D eigenvalue weighted by molar-refractivity contribution is -0.116. The summed E-state index contributed by atoms with van der Waals surface area (Å²) in [5.74, 6) is 0.935. The number of aromatic nitrogens is 1. The fourth-order valence-electron chi connectivity index (χ4n) is 1.92. The van der Waals surface area contributed by atoms with E-state index in [4.69, 9.17) is 4.74 Å². The van der Waals surface area contributed by atoms with Gasteiger partial charge in [-0.25, -0.2) is 9.78 Å². The van der Waals surface area contributed by atoms with Crippen LogP contribution in [0.5, 0.6) is 0 Å². The highest BCUT2D eigenvalue weighted by molar-refractivity contribution is 14.0. The van der Waals surface area contributed by atoms with Gasteiger partial charge in [-0.2, -0.15) is 0 Å². The third kappa shape index (κ3) is 12.3. The molecule has 1 aromatic heterocycles. The Morgan fingerprint density at radius 1 is 1.11 bits per heavy atom. The van der Waals surface area contributed by atoms with E-state index in [1.807, 2.05) is 33.8 Å². The highest BCUT2D eigenvalue weighted by Gasteiger charge is 2.15. The number of hydrogen-bond acceptors (Lipinski definition) is 5. The molecule has 2 amide bonds. The molecule has 158 valence electrons. The quantitative estimate of drug-likeness (QED) is 0.195. The average Bonchev–Trinajstić information content (AvgIpc) is 2.57. The van der Waals surface area contributed by atoms with Crippen LogP contribution in [0.3, 0.4) is 0 Å². The number of anilines is 1. The Morgan fingerprint density at radius 2 is 1.75 bits per heavy atom. The molecule has 1 rings (SSSR count). The van der Waals surface area contributed by atoms with Crippen LogP contribution in [0.2, 0.25) is 0 Å². The second-order valence-corrected chi connectivity index (χ2v) is 6.87. The Balaban J connectivity index is 0.00000729. The van der Waals surface area contributed by atoms with Crippen molar-refractivity contribution in [1.29, 1.82) is 0 Å². The van der Waals surface area contributed by atoms with Gasteiger partial charge in [0.2, 0.25) is 5.91 Å². The van der Waals surface area contributed by atoms with Crippen LogP contribution in [-0.2, 0) is 9.53 Å². The third-order valence-corrected chi connectivity index (χ3v) is 3.13. The third-order valence-electron chi connectivity index (χ3n) is 3.13. The number of halogens is 1. The summed E-state index contributed by atoms with van der Waals surface area (Å²) in [6.45, 7) is 8.62. The monoisotopic (exact) mass is 506 g/mol. The highest BCUT2D eigenvalue weighted by atomic mass is 127. The van der Waals surface area contributed by atoms with Crippen LogP contribution in [0.4, 0.5) is 10.6 Å². The summed E-state index contributed by atoms with van der Waals surface area (Å²) >= 11 is 0. The minimum Gasteiger partial charge on any atom is -0.444 e. The Kier molecular flexibility index (Phi) is 12.1. The maximum Gasteiger partial charge on any atom is 0.407 e. The van der Waals surface area contributed by atoms with E-state index in [0.717, 1.165) is 5.56 Å². The number of ether oxygens (including phenoxy) is 1. The van der Waals surface area contributed by atoms with Crippen molar-refractivity contribution in [2.24, 2.45) is 4.99 Å². The maximum atomic E-state index is 11.9. The molecular weight excluding hydrogens is 475 g/mol. The van der Waals surface area contributed by atoms with Crippen LogP contribution in [-0.4, -0.2) is 55.2 Å². The molecule has 28 heavy (non-hydrogen) atoms. The molecular formula is C18H31IN6O3. The van der Waals surface area contributed by atoms with Crippen molar-refractivity contribution in [2.45, 2.75) is 39.7 Å². The highest BCUT2D eigenvalue weighted by Crippen LogP contribution is 2.06. The molecule has 0 unspecified atom stereocenters. The van der Waals surface area contributed by atoms with E-state index in [1.54, 1.807) is 19.3 Å². The summed E-state index contributed by atoms with van der Waals surface area (Å²) in [7, 11) is 1.63. The van der Waals surface area contributed by atoms with Crippen LogP contribution in [0, 0.1) is 6.92 Å². The van der Waals surface area contributed by atoms with Gasteiger partial charge in [0.25, 0.3) is 0 Å². The summed E-state index contributed by atoms with van der Waals surface area (Å²) in [5, 5.41) is 11.5. The smallest absolute Gasteiger partial charge is 0.407 e. The molecule has 0 aromatic carbocycles. The van der Waals surface area contributed by atoms with E-state index in [2.05, 4.69) is 31.2 Å². The van der Waals surface area contributed by atoms with Crippen LogP contribution in [0.15, 0.2) is 23.3 Å². The Labute approximate surface area is 183 Å². The number of rotatable bonds is 7. The van der Waals surface area contributed by atoms with Crippen LogP contribution >= 0.6 is 24.0 Å². The molecule has 0 aliphatic rings. The molecule has 1 heterocycles. The maximum absolute atomic E-state index is 11.9. The molecule has 0 spiro atoms. The number of nitrogens with one attached hydrogen (secondary N) is 4. The van der Waals surface area contributed by atoms with E-state index in [-0.39, 0.29) is 36.3 Å². The fraction of sp³-hybridized carbons (Fsp3) is 0.556. The topological polar surface area (TPSA) is 117 Å². The van der Waals surface area contributed by atoms with Gasteiger partial charge >= 0.3 is 6.09 Å². The van der Waals surface area contributed by atoms with Gasteiger partial charge in [0, 0.05) is 39.3 Å². The van der Waals surface area contributed by atoms with Crippen LogP contribution < -0.4 is 21.3 Å². The van der Waals surface area contributed by atoms with Crippen molar-refractivity contribution < 1.29 is 14.3 Å². The zero-order valence-electron chi connectivity index (χ0n) is 17.1. The summed E-state index contributed by atoms with van der Waals surface area (Å²) < 4.78 is 5.14. The molecule has 0 saturated carbocycles. The van der Waals surface area contributed by atoms with Gasteiger partial charge in [-0.05, 0) is 39.3 Å². The zero-order chi connectivity index (χ0) is 20.3. The molecule has 0 atom stereocenters. The zero-order valence-corrected chi connectivity index (χ0v) is 19.4. The molecule has 0 bridgehead atoms. The van der Waals surface area contributed by atoms with Crippen LogP contribution in [0.25, 0.3) is 0 Å². The minimum atomic E-state index is -0.524. The first-order valence-electron chi connectivity index (χ1n) is 8.83. The standard InChI is InChI=1S/C18H30N6O3.HI/c1-13-6-7-14(23-12-13)24-15(25)8-9-20-16(19-5)21-10-11-22-17(26)27-18(2,3)4;/h6-7,12H,8-11H2,1-5H3,(H,22,26)(H2,19,20,21)(H,23,24,25);1H. The number of nitrogens with zero attached hydrogens (tertiary/aromatic N) is 2. The van der Waals surface area contributed by atoms with Gasteiger partial charge in [0.05, 0.1) is 0 Å². The molecule has 1 aromatic rings. The second-order valence-electron chi connectivity index (χ2n) is 6.87. The van der Waals surface area contributed by atoms with Crippen molar-refractivity contribution in [1.82, 2.24) is 20.9 Å². The molecule has 0 aliphatic carbocycles. The predicted octanol–water partition coefficient (Wildman–Crippen LogP) is 2.03. The van der Waals surface area contributed by atoms with Gasteiger partial charge in [-0.3, -0.25) is 9.79 Å². The van der Waals surface area contributed by atoms with Crippen molar-refractivity contribution >= 4 is 47.8 Å². The van der Waals surface area contributed by atoms with E-state index < -0.39 is 11.7 Å². The lowest BCUT2D eigenvalue weighted by Crippen LogP contribution is -2.43. The van der Waals surface area contributed by atoms with Crippen molar-refractivity contribution in [2.75, 3.05) is 32.0 Å². The SMILES string of the molecule is CN=C(NCCNC(=O)OC(C)(C)C)NCCC(=O)Nc1ccc(C)cn1.I. The van der Waals surface area contributed by atoms with Crippen LogP contribution in [0.1, 0.15) is 32.8 Å². The Hall–Kier alpha value is -2.11. The van der Waals surface area contributed by atoms with Crippen molar-refractivity contribution in [3.05, 3.63) is 23.9 Å². The van der Waals surface area contributed by atoms with Gasteiger partial charge < -0.3 is 26.0 Å². The number of amides is 2. The van der Waals surface area contributed by atoms with Crippen molar-refractivity contribution in [3.63, 3.8) is 0 Å². The number of carbonyl (C=O) groups excluding carboxylic acids is 2. The summed E-state index contributed by atoms with van der Waals surface area (Å²) in [4.78, 5) is 31.6. The second kappa shape index (κ2) is 13.1. The largest absolute Gasteiger partial charge is 0.444 e. The fourth-order valence-corrected chi connectivity index (χ4v) is 1.92. The number of aryl methyl sites for hydroxylation is 1. The molecule has 0 radical (unpaired) electrons. The summed E-state index contributed by atoms with van der Waals surface area (Å²) in [6.07, 6.45) is 1.51. The Morgan fingerprint density at radius 3 is 2.32 bits per heavy atom. The molecule has 10 heteroatoms. The number of pyridine rings is 1. The lowest BCUT2D eigenvalue weighted by atomic mass is 10.2. The summed E-state index contributed by atoms with van der Waals surface area (Å²) in [6, 6.07) is 3.65. The van der Waals surface area contributed by atoms with E-state index in [1.165, 1.54) is 0 Å².